The van der Waals surface area contributed by atoms with Crippen LogP contribution in [0.5, 0.6) is 5.75 Å². The van der Waals surface area contributed by atoms with E-state index in [-0.39, 0.29) is 30.8 Å². The summed E-state index contributed by atoms with van der Waals surface area (Å²) in [6.07, 6.45) is 0.360. The zero-order chi connectivity index (χ0) is 21.7. The van der Waals surface area contributed by atoms with Crippen LogP contribution in [0.1, 0.15) is 11.1 Å². The van der Waals surface area contributed by atoms with Crippen LogP contribution in [0.3, 0.4) is 0 Å². The summed E-state index contributed by atoms with van der Waals surface area (Å²) in [5, 5.41) is 10.6. The lowest BCUT2D eigenvalue weighted by Crippen LogP contribution is -2.40. The van der Waals surface area contributed by atoms with E-state index in [0.717, 1.165) is 11.1 Å². The summed E-state index contributed by atoms with van der Waals surface area (Å²) < 4.78 is 18.6. The number of nitrogens with one attached hydrogen (secondary N) is 4. The first-order valence-electron chi connectivity index (χ1n) is 9.44. The third-order valence-corrected chi connectivity index (χ3v) is 4.77. The van der Waals surface area contributed by atoms with Gasteiger partial charge in [0.1, 0.15) is 11.6 Å². The van der Waals surface area contributed by atoms with Crippen molar-refractivity contribution in [3.8, 4) is 5.75 Å². The molecule has 4 amide bonds. The highest BCUT2D eigenvalue weighted by Gasteiger charge is 2.20. The first-order valence-corrected chi connectivity index (χ1v) is 9.44. The number of carbonyl (C=O) groups excluding carboxylic acids is 3. The van der Waals surface area contributed by atoms with Gasteiger partial charge in [0.25, 0.3) is 5.91 Å². The number of halogens is 1. The normalized spacial score (nSPS) is 13.4. The molecule has 0 radical (unpaired) electrons. The maximum Gasteiger partial charge on any atom is 0.319 e. The van der Waals surface area contributed by atoms with E-state index in [1.54, 1.807) is 31.2 Å². The predicted molar refractivity (Wildman–Crippen MR) is 110 cm³/mol. The molecule has 1 unspecified atom stereocenters. The largest absolute Gasteiger partial charge is 0.482 e. The Hall–Kier alpha value is -3.62. The van der Waals surface area contributed by atoms with E-state index in [2.05, 4.69) is 21.3 Å². The van der Waals surface area contributed by atoms with E-state index >= 15 is 0 Å². The van der Waals surface area contributed by atoms with E-state index in [4.69, 9.17) is 4.74 Å². The molecule has 0 saturated heterocycles. The highest BCUT2D eigenvalue weighted by atomic mass is 19.1. The minimum absolute atomic E-state index is 0.0841. The lowest BCUT2D eigenvalue weighted by molar-refractivity contribution is -0.124. The molecule has 0 aromatic heterocycles. The molecule has 1 aliphatic heterocycles. The summed E-state index contributed by atoms with van der Waals surface area (Å²) >= 11 is 0. The summed E-state index contributed by atoms with van der Waals surface area (Å²) in [5.74, 6) is -0.859. The second-order valence-electron chi connectivity index (χ2n) is 6.97. The lowest BCUT2D eigenvalue weighted by Gasteiger charge is -2.19. The molecule has 1 heterocycles. The Morgan fingerprint density at radius 1 is 1.23 bits per heavy atom. The molecule has 1 atom stereocenters. The number of hydrogen-bond donors (Lipinski definition) is 4. The minimum atomic E-state index is -0.521. The van der Waals surface area contributed by atoms with Crippen molar-refractivity contribution in [1.82, 2.24) is 10.6 Å². The fraction of sp³-hybridized carbons (Fsp3) is 0.286. The Kier molecular flexibility index (Phi) is 6.51. The van der Waals surface area contributed by atoms with Gasteiger partial charge in [-0.3, -0.25) is 9.59 Å². The molecule has 30 heavy (non-hydrogen) atoms. The van der Waals surface area contributed by atoms with Crippen LogP contribution in [0, 0.1) is 18.7 Å². The molecular weight excluding hydrogens is 391 g/mol. The summed E-state index contributed by atoms with van der Waals surface area (Å²) in [5.41, 5.74) is 2.59. The van der Waals surface area contributed by atoms with Crippen molar-refractivity contribution in [2.24, 2.45) is 5.92 Å². The number of fused-ring (bicyclic) bond motifs is 1. The molecule has 9 heteroatoms. The Labute approximate surface area is 173 Å². The second-order valence-corrected chi connectivity index (χ2v) is 6.97. The zero-order valence-corrected chi connectivity index (χ0v) is 16.7. The van der Waals surface area contributed by atoms with Gasteiger partial charge in [0.15, 0.2) is 6.61 Å². The first kappa shape index (κ1) is 21.1. The molecule has 0 aliphatic carbocycles. The number of carbonyl (C=O) groups is 3. The summed E-state index contributed by atoms with van der Waals surface area (Å²) in [4.78, 5) is 35.9. The Bertz CT molecular complexity index is 979. The highest BCUT2D eigenvalue weighted by Crippen LogP contribution is 2.30. The number of urea groups is 1. The number of benzene rings is 2. The van der Waals surface area contributed by atoms with E-state index in [1.165, 1.54) is 19.2 Å². The SMILES string of the molecule is CNC(=O)C(CNC(=O)Nc1ccc2c(c1)OCC(=O)N2)Cc1ccc(F)cc1C. The van der Waals surface area contributed by atoms with E-state index in [0.29, 0.717) is 23.5 Å². The van der Waals surface area contributed by atoms with Gasteiger partial charge >= 0.3 is 6.03 Å². The number of aryl methyl sites for hydroxylation is 1. The van der Waals surface area contributed by atoms with Crippen LogP contribution in [0.15, 0.2) is 36.4 Å². The fourth-order valence-electron chi connectivity index (χ4n) is 3.16. The van der Waals surface area contributed by atoms with Crippen molar-refractivity contribution in [2.75, 3.05) is 30.8 Å². The second kappa shape index (κ2) is 9.25. The Balaban J connectivity index is 1.60. The molecule has 0 fully saturated rings. The van der Waals surface area contributed by atoms with Gasteiger partial charge in [0.2, 0.25) is 5.91 Å². The van der Waals surface area contributed by atoms with Crippen LogP contribution in [0.25, 0.3) is 0 Å². The van der Waals surface area contributed by atoms with E-state index < -0.39 is 11.9 Å². The van der Waals surface area contributed by atoms with Crippen LogP contribution in [-0.2, 0) is 16.0 Å². The third-order valence-electron chi connectivity index (χ3n) is 4.77. The standard InChI is InChI=1S/C21H23FN4O4/c1-12-7-15(22)4-3-13(12)8-14(20(28)23-2)10-24-21(29)25-16-5-6-17-18(9-16)30-11-19(27)26-17/h3-7,9,14H,8,10-11H2,1-2H3,(H,23,28)(H,26,27)(H2,24,25,29). The molecule has 8 nitrogen and oxygen atoms in total. The van der Waals surface area contributed by atoms with Crippen molar-refractivity contribution in [3.63, 3.8) is 0 Å². The molecule has 0 bridgehead atoms. The van der Waals surface area contributed by atoms with Gasteiger partial charge < -0.3 is 26.0 Å². The summed E-state index contributed by atoms with van der Waals surface area (Å²) in [6, 6.07) is 8.79. The van der Waals surface area contributed by atoms with E-state index in [1.807, 2.05) is 0 Å². The molecule has 4 N–H and O–H groups in total. The Morgan fingerprint density at radius 3 is 2.77 bits per heavy atom. The van der Waals surface area contributed by atoms with Gasteiger partial charge in [-0.1, -0.05) is 6.07 Å². The van der Waals surface area contributed by atoms with Gasteiger partial charge in [-0.15, -0.1) is 0 Å². The molecule has 3 rings (SSSR count). The van der Waals surface area contributed by atoms with Crippen molar-refractivity contribution in [3.05, 3.63) is 53.3 Å². The molecule has 1 aliphatic rings. The fourth-order valence-corrected chi connectivity index (χ4v) is 3.16. The lowest BCUT2D eigenvalue weighted by atomic mass is 9.95. The third kappa shape index (κ3) is 5.25. The number of hydrogen-bond acceptors (Lipinski definition) is 4. The highest BCUT2D eigenvalue weighted by molar-refractivity contribution is 5.96. The molecular formula is C21H23FN4O4. The summed E-state index contributed by atoms with van der Waals surface area (Å²) in [6.45, 7) is 1.79. The minimum Gasteiger partial charge on any atom is -0.482 e. The van der Waals surface area contributed by atoms with E-state index in [9.17, 15) is 18.8 Å². The van der Waals surface area contributed by atoms with Gasteiger partial charge in [-0.2, -0.15) is 0 Å². The van der Waals surface area contributed by atoms with Gasteiger partial charge in [-0.25, -0.2) is 9.18 Å². The quantitative estimate of drug-likeness (QED) is 0.581. The number of amides is 4. The smallest absolute Gasteiger partial charge is 0.319 e. The van der Waals surface area contributed by atoms with Crippen molar-refractivity contribution in [1.29, 1.82) is 0 Å². The van der Waals surface area contributed by atoms with Gasteiger partial charge in [0, 0.05) is 25.3 Å². The molecule has 2 aromatic rings. The van der Waals surface area contributed by atoms with Crippen LogP contribution in [-0.4, -0.2) is 38.0 Å². The van der Waals surface area contributed by atoms with Crippen molar-refractivity contribution >= 4 is 29.2 Å². The van der Waals surface area contributed by atoms with Crippen molar-refractivity contribution in [2.45, 2.75) is 13.3 Å². The molecule has 0 spiro atoms. The maximum atomic E-state index is 13.3. The Morgan fingerprint density at radius 2 is 2.03 bits per heavy atom. The topological polar surface area (TPSA) is 109 Å². The van der Waals surface area contributed by atoms with Crippen LogP contribution < -0.4 is 26.0 Å². The average Bonchev–Trinajstić information content (AvgIpc) is 2.72. The average molecular weight is 414 g/mol. The number of ether oxygens (including phenoxy) is 1. The maximum absolute atomic E-state index is 13.3. The van der Waals surface area contributed by atoms with Gasteiger partial charge in [0.05, 0.1) is 11.6 Å². The van der Waals surface area contributed by atoms with Crippen LogP contribution >= 0.6 is 0 Å². The number of rotatable bonds is 6. The molecule has 0 saturated carbocycles. The molecule has 158 valence electrons. The van der Waals surface area contributed by atoms with Crippen LogP contribution in [0.2, 0.25) is 0 Å². The van der Waals surface area contributed by atoms with Crippen molar-refractivity contribution < 1.29 is 23.5 Å². The monoisotopic (exact) mass is 414 g/mol. The number of anilines is 2. The summed E-state index contributed by atoms with van der Waals surface area (Å²) in [7, 11) is 1.53. The zero-order valence-electron chi connectivity index (χ0n) is 16.7. The predicted octanol–water partition coefficient (Wildman–Crippen LogP) is 2.19. The first-order chi connectivity index (χ1) is 14.4. The molecule has 2 aromatic carbocycles. The van der Waals surface area contributed by atoms with Gasteiger partial charge in [-0.05, 0) is 48.7 Å². The van der Waals surface area contributed by atoms with Crippen LogP contribution in [0.4, 0.5) is 20.6 Å².